The first kappa shape index (κ1) is 24.5. The fourth-order valence-corrected chi connectivity index (χ4v) is 4.21. The number of carbonyl (C=O) groups excluding carboxylic acids is 1. The summed E-state index contributed by atoms with van der Waals surface area (Å²) in [5, 5.41) is 6.74. The molecule has 3 unspecified atom stereocenters. The van der Waals surface area contributed by atoms with Crippen LogP contribution < -0.4 is 16.4 Å². The average molecular weight is 446 g/mol. The monoisotopic (exact) mass is 445 g/mol. The van der Waals surface area contributed by atoms with Crippen molar-refractivity contribution in [3.05, 3.63) is 35.4 Å². The lowest BCUT2D eigenvalue weighted by atomic mass is 9.97. The number of piperidine rings is 1. The number of hydrogen-bond acceptors (Lipinski definition) is 5. The van der Waals surface area contributed by atoms with E-state index >= 15 is 0 Å². The van der Waals surface area contributed by atoms with Crippen molar-refractivity contribution in [2.24, 2.45) is 16.6 Å². The van der Waals surface area contributed by atoms with Crippen molar-refractivity contribution in [3.8, 4) is 0 Å². The predicted octanol–water partition coefficient (Wildman–Crippen LogP) is 1.63. The minimum Gasteiger partial charge on any atom is -0.379 e. The molecule has 178 valence electrons. The number of nitrogens with zero attached hydrogens (tertiary/aromatic N) is 2. The molecule has 0 saturated carbocycles. The van der Waals surface area contributed by atoms with E-state index in [0.29, 0.717) is 19.8 Å². The van der Waals surface area contributed by atoms with Gasteiger partial charge in [0.05, 0.1) is 31.8 Å². The molecule has 0 aromatic heterocycles. The minimum absolute atomic E-state index is 0.0301. The maximum atomic E-state index is 11.5. The lowest BCUT2D eigenvalue weighted by molar-refractivity contribution is -0.123. The van der Waals surface area contributed by atoms with Crippen molar-refractivity contribution in [2.45, 2.75) is 58.3 Å². The Labute approximate surface area is 191 Å². The molecule has 2 saturated heterocycles. The van der Waals surface area contributed by atoms with Gasteiger partial charge in [-0.1, -0.05) is 24.3 Å². The molecule has 2 aliphatic rings. The molecule has 2 aliphatic heterocycles. The summed E-state index contributed by atoms with van der Waals surface area (Å²) in [5.41, 5.74) is 7.92. The molecular formula is C24H39N5O3. The molecule has 1 aromatic rings. The number of hydrogen-bond donors (Lipinski definition) is 3. The highest BCUT2D eigenvalue weighted by Crippen LogP contribution is 2.19. The van der Waals surface area contributed by atoms with Crippen LogP contribution in [0.2, 0.25) is 0 Å². The van der Waals surface area contributed by atoms with E-state index in [9.17, 15) is 4.79 Å². The molecule has 3 atom stereocenters. The zero-order valence-corrected chi connectivity index (χ0v) is 19.5. The topological polar surface area (TPSA) is 101 Å². The van der Waals surface area contributed by atoms with Crippen molar-refractivity contribution in [2.75, 3.05) is 39.5 Å². The normalized spacial score (nSPS) is 23.1. The number of nitrogens with two attached hydrogens (primary N) is 1. The van der Waals surface area contributed by atoms with Crippen LogP contribution in [0.5, 0.6) is 0 Å². The van der Waals surface area contributed by atoms with Crippen LogP contribution in [0, 0.1) is 5.92 Å². The van der Waals surface area contributed by atoms with Crippen molar-refractivity contribution >= 4 is 11.9 Å². The van der Waals surface area contributed by atoms with E-state index in [1.807, 2.05) is 0 Å². The fourth-order valence-electron chi connectivity index (χ4n) is 4.21. The summed E-state index contributed by atoms with van der Waals surface area (Å²) in [5.74, 6) is 0.576. The third-order valence-corrected chi connectivity index (χ3v) is 5.92. The lowest BCUT2D eigenvalue weighted by Crippen LogP contribution is -2.44. The van der Waals surface area contributed by atoms with Crippen molar-refractivity contribution in [1.29, 1.82) is 0 Å². The van der Waals surface area contributed by atoms with E-state index < -0.39 is 0 Å². The van der Waals surface area contributed by atoms with Gasteiger partial charge in [-0.15, -0.1) is 0 Å². The molecule has 32 heavy (non-hydrogen) atoms. The SMILES string of the molecule is CCNC(=NCc1cccc(CN2CCCC(C(N)=O)C2)c1)NC(C)COC1CCOC1. The van der Waals surface area contributed by atoms with E-state index in [1.165, 1.54) is 5.56 Å². The number of carbonyl (C=O) groups is 1. The molecule has 0 spiro atoms. The highest BCUT2D eigenvalue weighted by molar-refractivity contribution is 5.80. The van der Waals surface area contributed by atoms with Gasteiger partial charge < -0.3 is 25.8 Å². The van der Waals surface area contributed by atoms with E-state index in [4.69, 9.17) is 20.2 Å². The second-order valence-corrected chi connectivity index (χ2v) is 8.86. The summed E-state index contributed by atoms with van der Waals surface area (Å²) in [6.45, 7) is 10.2. The Hall–Kier alpha value is -2.16. The Kier molecular flexibility index (Phi) is 9.77. The summed E-state index contributed by atoms with van der Waals surface area (Å²) in [6, 6.07) is 8.67. The minimum atomic E-state index is -0.183. The largest absolute Gasteiger partial charge is 0.379 e. The number of likely N-dealkylation sites (tertiary alicyclic amines) is 1. The van der Waals surface area contributed by atoms with E-state index in [0.717, 1.165) is 63.6 Å². The van der Waals surface area contributed by atoms with Crippen LogP contribution in [-0.4, -0.2) is 68.4 Å². The number of rotatable bonds is 10. The number of aliphatic imine (C=N–C) groups is 1. The van der Waals surface area contributed by atoms with Crippen LogP contribution in [0.1, 0.15) is 44.2 Å². The first-order chi connectivity index (χ1) is 15.5. The summed E-state index contributed by atoms with van der Waals surface area (Å²) < 4.78 is 11.3. The molecule has 0 bridgehead atoms. The first-order valence-corrected chi connectivity index (χ1v) is 11.9. The molecule has 2 fully saturated rings. The van der Waals surface area contributed by atoms with E-state index in [-0.39, 0.29) is 24.0 Å². The molecule has 1 aromatic carbocycles. The summed E-state index contributed by atoms with van der Waals surface area (Å²) in [6.07, 6.45) is 3.10. The fraction of sp³-hybridized carbons (Fsp3) is 0.667. The van der Waals surface area contributed by atoms with Crippen molar-refractivity contribution in [1.82, 2.24) is 15.5 Å². The smallest absolute Gasteiger partial charge is 0.221 e. The van der Waals surface area contributed by atoms with Gasteiger partial charge in [-0.25, -0.2) is 4.99 Å². The molecule has 8 nitrogen and oxygen atoms in total. The number of guanidine groups is 1. The second kappa shape index (κ2) is 12.8. The van der Waals surface area contributed by atoms with Gasteiger partial charge in [-0.2, -0.15) is 0 Å². The van der Waals surface area contributed by atoms with Gasteiger partial charge >= 0.3 is 0 Å². The maximum Gasteiger partial charge on any atom is 0.221 e. The van der Waals surface area contributed by atoms with Gasteiger partial charge in [0.15, 0.2) is 5.96 Å². The van der Waals surface area contributed by atoms with Crippen LogP contribution in [0.15, 0.2) is 29.3 Å². The standard InChI is InChI=1S/C24H39N5O3/c1-3-26-24(28-18(2)16-32-22-9-11-31-17-22)27-13-19-6-4-7-20(12-19)14-29-10-5-8-21(15-29)23(25)30/h4,6-7,12,18,21-22H,3,5,8-11,13-17H2,1-2H3,(H2,25,30)(H2,26,27,28). The number of primary amides is 1. The van der Waals surface area contributed by atoms with E-state index in [2.05, 4.69) is 53.6 Å². The third kappa shape index (κ3) is 8.07. The van der Waals surface area contributed by atoms with Gasteiger partial charge in [0.2, 0.25) is 5.91 Å². The van der Waals surface area contributed by atoms with Crippen LogP contribution in [-0.2, 0) is 27.4 Å². The van der Waals surface area contributed by atoms with Crippen molar-refractivity contribution < 1.29 is 14.3 Å². The van der Waals surface area contributed by atoms with Crippen LogP contribution in [0.4, 0.5) is 0 Å². The van der Waals surface area contributed by atoms with Crippen molar-refractivity contribution in [3.63, 3.8) is 0 Å². The Morgan fingerprint density at radius 3 is 2.97 bits per heavy atom. The third-order valence-electron chi connectivity index (χ3n) is 5.92. The number of benzene rings is 1. The van der Waals surface area contributed by atoms with Crippen LogP contribution in [0.25, 0.3) is 0 Å². The first-order valence-electron chi connectivity index (χ1n) is 11.9. The number of amides is 1. The Morgan fingerprint density at radius 1 is 1.38 bits per heavy atom. The molecule has 3 rings (SSSR count). The maximum absolute atomic E-state index is 11.5. The summed E-state index contributed by atoms with van der Waals surface area (Å²) in [7, 11) is 0. The van der Waals surface area contributed by atoms with Crippen LogP contribution in [0.3, 0.4) is 0 Å². The van der Waals surface area contributed by atoms with Gasteiger partial charge in [0.1, 0.15) is 0 Å². The Bertz CT molecular complexity index is 751. The number of ether oxygens (including phenoxy) is 2. The molecule has 1 amide bonds. The zero-order valence-electron chi connectivity index (χ0n) is 19.5. The van der Waals surface area contributed by atoms with Gasteiger partial charge in [-0.05, 0) is 50.8 Å². The highest BCUT2D eigenvalue weighted by atomic mass is 16.5. The highest BCUT2D eigenvalue weighted by Gasteiger charge is 2.23. The Balaban J connectivity index is 1.51. The summed E-state index contributed by atoms with van der Waals surface area (Å²) >= 11 is 0. The molecule has 4 N–H and O–H groups in total. The van der Waals surface area contributed by atoms with E-state index in [1.54, 1.807) is 0 Å². The van der Waals surface area contributed by atoms with Gasteiger partial charge in [0.25, 0.3) is 0 Å². The quantitative estimate of drug-likeness (QED) is 0.374. The molecule has 0 radical (unpaired) electrons. The lowest BCUT2D eigenvalue weighted by Gasteiger charge is -2.31. The average Bonchev–Trinajstić information content (AvgIpc) is 3.30. The number of nitrogens with one attached hydrogen (secondary N) is 2. The molecule has 2 heterocycles. The molecule has 8 heteroatoms. The van der Waals surface area contributed by atoms with Gasteiger partial charge in [0, 0.05) is 32.3 Å². The second-order valence-electron chi connectivity index (χ2n) is 8.86. The zero-order chi connectivity index (χ0) is 22.8. The Morgan fingerprint density at radius 2 is 2.22 bits per heavy atom. The van der Waals surface area contributed by atoms with Crippen LogP contribution >= 0.6 is 0 Å². The summed E-state index contributed by atoms with van der Waals surface area (Å²) in [4.78, 5) is 18.6. The van der Waals surface area contributed by atoms with Gasteiger partial charge in [-0.3, -0.25) is 9.69 Å². The molecular weight excluding hydrogens is 406 g/mol. The predicted molar refractivity (Wildman–Crippen MR) is 126 cm³/mol. The molecule has 0 aliphatic carbocycles.